The Hall–Kier alpha value is -2.89. The number of allylic oxidation sites excluding steroid dienone is 10. The molecule has 0 heterocycles. The Bertz CT molecular complexity index is 1180. The molecule has 0 saturated heterocycles. The van der Waals surface area contributed by atoms with Gasteiger partial charge in [0.05, 0.1) is 0 Å². The maximum absolute atomic E-state index is 12.7. The lowest BCUT2D eigenvalue weighted by Gasteiger charge is -2.18. The van der Waals surface area contributed by atoms with Crippen LogP contribution in [0.15, 0.2) is 60.8 Å². The summed E-state index contributed by atoms with van der Waals surface area (Å²) in [6.45, 7) is 6.52. The maximum Gasteiger partial charge on any atom is 0.306 e. The highest BCUT2D eigenvalue weighted by Crippen LogP contribution is 2.15. The summed E-state index contributed by atoms with van der Waals surface area (Å²) in [5.41, 5.74) is 0. The highest BCUT2D eigenvalue weighted by Gasteiger charge is 2.19. The minimum absolute atomic E-state index is 0.0797. The molecule has 0 aromatic carbocycles. The number of hydrogen-bond acceptors (Lipinski definition) is 6. The Morgan fingerprint density at radius 2 is 0.569 bits per heavy atom. The van der Waals surface area contributed by atoms with E-state index in [9.17, 15) is 14.4 Å². The van der Waals surface area contributed by atoms with E-state index in [1.165, 1.54) is 141 Å². The van der Waals surface area contributed by atoms with Gasteiger partial charge in [-0.15, -0.1) is 0 Å². The molecule has 0 bridgehead atoms. The molecule has 0 spiro atoms. The Balaban J connectivity index is 4.09. The number of esters is 3. The summed E-state index contributed by atoms with van der Waals surface area (Å²) in [6, 6.07) is 0. The Kier molecular flexibility index (Phi) is 51.3. The molecule has 0 radical (unpaired) electrons. The van der Waals surface area contributed by atoms with Crippen LogP contribution in [0, 0.1) is 0 Å². The van der Waals surface area contributed by atoms with Gasteiger partial charge in [-0.05, 0) is 83.5 Å². The number of rotatable bonds is 50. The number of ether oxygens (including phenoxy) is 3. The van der Waals surface area contributed by atoms with Crippen LogP contribution < -0.4 is 0 Å². The van der Waals surface area contributed by atoms with Crippen molar-refractivity contribution in [3.05, 3.63) is 60.8 Å². The fourth-order valence-corrected chi connectivity index (χ4v) is 7.76. The second kappa shape index (κ2) is 53.7. The Labute approximate surface area is 402 Å². The SMILES string of the molecule is CCCC/C=C\C/C=C\CCCCCCCC(=O)OC(COC(=O)CCCCCCCC)COC(=O)CCCCCCCCCCCCCC/C=C\C/C=C\C/C=C\CCCCCCC. The molecule has 1 atom stereocenters. The van der Waals surface area contributed by atoms with Gasteiger partial charge < -0.3 is 14.2 Å². The predicted octanol–water partition coefficient (Wildman–Crippen LogP) is 18.4. The van der Waals surface area contributed by atoms with Crippen molar-refractivity contribution >= 4 is 17.9 Å². The molecule has 0 aliphatic rings. The van der Waals surface area contributed by atoms with Crippen LogP contribution in [-0.2, 0) is 28.6 Å². The van der Waals surface area contributed by atoms with Gasteiger partial charge in [0, 0.05) is 19.3 Å². The van der Waals surface area contributed by atoms with Crippen LogP contribution in [0.2, 0.25) is 0 Å². The van der Waals surface area contributed by atoms with Crippen molar-refractivity contribution in [1.29, 1.82) is 0 Å². The van der Waals surface area contributed by atoms with Gasteiger partial charge in [0.2, 0.25) is 0 Å². The number of carbonyl (C=O) groups excluding carboxylic acids is 3. The first kappa shape index (κ1) is 62.1. The largest absolute Gasteiger partial charge is 0.462 e. The predicted molar refractivity (Wildman–Crippen MR) is 279 cm³/mol. The topological polar surface area (TPSA) is 78.9 Å². The molecule has 0 N–H and O–H groups in total. The van der Waals surface area contributed by atoms with Crippen molar-refractivity contribution < 1.29 is 28.6 Å². The standard InChI is InChI=1S/C59H104O6/c1-4-7-10-13-16-18-20-22-24-25-26-27-28-29-30-31-32-33-34-35-36-38-39-41-43-46-49-52-58(61)64-55-56(54-63-57(60)51-48-45-15-12-9-6-3)65-59(62)53-50-47-44-42-40-37-23-21-19-17-14-11-8-5-2/h14,17,20-23,25-26,28-29,56H,4-13,15-16,18-19,24,27,30-55H2,1-3H3/b17-14-,22-20-,23-21-,26-25-,29-28-. The molecule has 0 aromatic rings. The summed E-state index contributed by atoms with van der Waals surface area (Å²) in [5.74, 6) is -0.900. The molecule has 0 aliphatic carbocycles. The number of unbranched alkanes of at least 4 members (excludes halogenated alkanes) is 29. The molecule has 1 unspecified atom stereocenters. The molecule has 0 aromatic heterocycles. The maximum atomic E-state index is 12.7. The van der Waals surface area contributed by atoms with Gasteiger partial charge in [-0.3, -0.25) is 14.4 Å². The minimum Gasteiger partial charge on any atom is -0.462 e. The second-order valence-electron chi connectivity index (χ2n) is 18.5. The average Bonchev–Trinajstić information content (AvgIpc) is 3.30. The number of hydrogen-bond donors (Lipinski definition) is 0. The van der Waals surface area contributed by atoms with Gasteiger partial charge in [-0.25, -0.2) is 0 Å². The summed E-state index contributed by atoms with van der Waals surface area (Å²) >= 11 is 0. The summed E-state index contributed by atoms with van der Waals surface area (Å²) in [4.78, 5) is 37.8. The van der Waals surface area contributed by atoms with Crippen LogP contribution in [0.4, 0.5) is 0 Å². The molecule has 0 aliphatic heterocycles. The van der Waals surface area contributed by atoms with Crippen LogP contribution in [-0.4, -0.2) is 37.2 Å². The minimum atomic E-state index is -0.777. The zero-order valence-electron chi connectivity index (χ0n) is 43.0. The van der Waals surface area contributed by atoms with Crippen molar-refractivity contribution in [2.75, 3.05) is 13.2 Å². The van der Waals surface area contributed by atoms with Crippen molar-refractivity contribution in [1.82, 2.24) is 0 Å². The van der Waals surface area contributed by atoms with E-state index < -0.39 is 6.10 Å². The third kappa shape index (κ3) is 51.9. The van der Waals surface area contributed by atoms with Gasteiger partial charge in [-0.2, -0.15) is 0 Å². The first-order valence-corrected chi connectivity index (χ1v) is 27.8. The molecule has 0 amide bonds. The third-order valence-corrected chi connectivity index (χ3v) is 12.0. The van der Waals surface area contributed by atoms with Crippen LogP contribution in [0.3, 0.4) is 0 Å². The van der Waals surface area contributed by atoms with Gasteiger partial charge >= 0.3 is 17.9 Å². The second-order valence-corrected chi connectivity index (χ2v) is 18.5. The molecule has 6 heteroatoms. The van der Waals surface area contributed by atoms with Crippen LogP contribution in [0.25, 0.3) is 0 Å². The van der Waals surface area contributed by atoms with E-state index in [1.807, 2.05) is 0 Å². The first-order valence-electron chi connectivity index (χ1n) is 27.8. The summed E-state index contributed by atoms with van der Waals surface area (Å²) in [7, 11) is 0. The lowest BCUT2D eigenvalue weighted by Crippen LogP contribution is -2.30. The van der Waals surface area contributed by atoms with Gasteiger partial charge in [0.15, 0.2) is 6.10 Å². The van der Waals surface area contributed by atoms with E-state index >= 15 is 0 Å². The Morgan fingerprint density at radius 1 is 0.308 bits per heavy atom. The van der Waals surface area contributed by atoms with Gasteiger partial charge in [-0.1, -0.05) is 236 Å². The van der Waals surface area contributed by atoms with Crippen LogP contribution in [0.1, 0.15) is 278 Å². The van der Waals surface area contributed by atoms with E-state index in [4.69, 9.17) is 14.2 Å². The van der Waals surface area contributed by atoms with Crippen molar-refractivity contribution in [2.24, 2.45) is 0 Å². The summed E-state index contributed by atoms with van der Waals surface area (Å²) < 4.78 is 16.7. The fraction of sp³-hybridized carbons (Fsp3) is 0.780. The van der Waals surface area contributed by atoms with Crippen molar-refractivity contribution in [3.8, 4) is 0 Å². The van der Waals surface area contributed by atoms with E-state index in [2.05, 4.69) is 81.5 Å². The van der Waals surface area contributed by atoms with E-state index in [0.717, 1.165) is 96.3 Å². The van der Waals surface area contributed by atoms with Crippen molar-refractivity contribution in [3.63, 3.8) is 0 Å². The summed E-state index contributed by atoms with van der Waals surface area (Å²) in [5, 5.41) is 0. The van der Waals surface area contributed by atoms with Crippen LogP contribution >= 0.6 is 0 Å². The van der Waals surface area contributed by atoms with Crippen molar-refractivity contribution in [2.45, 2.75) is 284 Å². The molecular weight excluding hydrogens is 805 g/mol. The zero-order chi connectivity index (χ0) is 47.2. The fourth-order valence-electron chi connectivity index (χ4n) is 7.76. The van der Waals surface area contributed by atoms with Crippen LogP contribution in [0.5, 0.6) is 0 Å². The normalized spacial score (nSPS) is 12.5. The molecule has 0 fully saturated rings. The first-order chi connectivity index (χ1) is 32.0. The molecule has 0 saturated carbocycles. The lowest BCUT2D eigenvalue weighted by atomic mass is 10.0. The third-order valence-electron chi connectivity index (χ3n) is 12.0. The highest BCUT2D eigenvalue weighted by atomic mass is 16.6. The quantitative estimate of drug-likeness (QED) is 0.0262. The molecule has 6 nitrogen and oxygen atoms in total. The number of carbonyl (C=O) groups is 3. The molecule has 0 rings (SSSR count). The smallest absolute Gasteiger partial charge is 0.306 e. The molecule has 376 valence electrons. The molecule has 65 heavy (non-hydrogen) atoms. The van der Waals surface area contributed by atoms with E-state index in [-0.39, 0.29) is 31.1 Å². The monoisotopic (exact) mass is 909 g/mol. The molecular formula is C59H104O6. The average molecular weight is 909 g/mol. The van der Waals surface area contributed by atoms with Gasteiger partial charge in [0.25, 0.3) is 0 Å². The highest BCUT2D eigenvalue weighted by molar-refractivity contribution is 5.71. The zero-order valence-corrected chi connectivity index (χ0v) is 43.0. The van der Waals surface area contributed by atoms with Gasteiger partial charge in [0.1, 0.15) is 13.2 Å². The Morgan fingerprint density at radius 3 is 0.908 bits per heavy atom. The summed E-state index contributed by atoms with van der Waals surface area (Å²) in [6.07, 6.45) is 66.7. The van der Waals surface area contributed by atoms with E-state index in [1.54, 1.807) is 0 Å². The lowest BCUT2D eigenvalue weighted by molar-refractivity contribution is -0.167. The van der Waals surface area contributed by atoms with E-state index in [0.29, 0.717) is 19.3 Å².